The van der Waals surface area contributed by atoms with Gasteiger partial charge in [-0.3, -0.25) is 19.3 Å². The number of esters is 1. The van der Waals surface area contributed by atoms with Crippen molar-refractivity contribution >= 4 is 23.8 Å². The van der Waals surface area contributed by atoms with Crippen molar-refractivity contribution in [2.45, 2.75) is 79.1 Å². The van der Waals surface area contributed by atoms with Gasteiger partial charge in [-0.2, -0.15) is 0 Å². The summed E-state index contributed by atoms with van der Waals surface area (Å²) < 4.78 is 5.35. The molecule has 0 bridgehead atoms. The van der Waals surface area contributed by atoms with E-state index in [0.29, 0.717) is 6.42 Å². The first-order chi connectivity index (χ1) is 15.7. The van der Waals surface area contributed by atoms with Gasteiger partial charge in [0.25, 0.3) is 11.8 Å². The van der Waals surface area contributed by atoms with Crippen LogP contribution in [0.1, 0.15) is 82.0 Å². The highest BCUT2D eigenvalue weighted by atomic mass is 16.7. The minimum atomic E-state index is -1.20. The fraction of sp³-hybridized carbons (Fsp3) is 0.583. The molecule has 0 fully saturated rings. The molecule has 0 radical (unpaired) electrons. The predicted octanol–water partition coefficient (Wildman–Crippen LogP) is 3.27. The molecule has 0 heterocycles. The van der Waals surface area contributed by atoms with Crippen molar-refractivity contribution in [2.24, 2.45) is 11.8 Å². The molecule has 0 unspecified atom stereocenters. The molecular formula is C24H36N2O8. The Labute approximate surface area is 200 Å². The van der Waals surface area contributed by atoms with E-state index in [1.807, 2.05) is 27.7 Å². The Hall–Kier alpha value is -2.98. The van der Waals surface area contributed by atoms with Crippen LogP contribution in [0, 0.1) is 11.8 Å². The molecule has 10 heteroatoms. The van der Waals surface area contributed by atoms with Crippen LogP contribution in [-0.4, -0.2) is 46.7 Å². The van der Waals surface area contributed by atoms with E-state index in [1.165, 1.54) is 24.3 Å². The quantitative estimate of drug-likeness (QED) is 0.306. The molecular weight excluding hydrogens is 444 g/mol. The number of hydrogen-bond acceptors (Lipinski definition) is 7. The molecule has 0 aliphatic heterocycles. The molecule has 2 atom stereocenters. The molecule has 2 amide bonds. The van der Waals surface area contributed by atoms with E-state index < -0.39 is 41.6 Å². The fourth-order valence-electron chi connectivity index (χ4n) is 2.78. The SMILES string of the molecule is CC(C)C[C@@H](ONC(=O)c1cccc(C(=O)NO[C@H](CC(C)C)C(=O)OC(C)(C)C)c1)C(=O)O. The van der Waals surface area contributed by atoms with Gasteiger partial charge in [0.05, 0.1) is 0 Å². The second-order valence-electron chi connectivity index (χ2n) is 9.79. The lowest BCUT2D eigenvalue weighted by molar-refractivity contribution is -0.173. The number of nitrogens with one attached hydrogen (secondary N) is 2. The van der Waals surface area contributed by atoms with Gasteiger partial charge in [-0.25, -0.2) is 20.5 Å². The molecule has 3 N–H and O–H groups in total. The first-order valence-electron chi connectivity index (χ1n) is 11.2. The lowest BCUT2D eigenvalue weighted by atomic mass is 10.1. The lowest BCUT2D eigenvalue weighted by Crippen LogP contribution is -2.39. The third-order valence-corrected chi connectivity index (χ3v) is 4.29. The van der Waals surface area contributed by atoms with E-state index in [1.54, 1.807) is 20.8 Å². The Morgan fingerprint density at radius 3 is 1.71 bits per heavy atom. The summed E-state index contributed by atoms with van der Waals surface area (Å²) in [5.41, 5.74) is 3.82. The minimum absolute atomic E-state index is 0.0465. The van der Waals surface area contributed by atoms with Crippen molar-refractivity contribution in [2.75, 3.05) is 0 Å². The number of benzene rings is 1. The van der Waals surface area contributed by atoms with Gasteiger partial charge in [-0.1, -0.05) is 33.8 Å². The van der Waals surface area contributed by atoms with Crippen molar-refractivity contribution < 1.29 is 38.7 Å². The second-order valence-corrected chi connectivity index (χ2v) is 9.79. The number of hydroxylamine groups is 2. The molecule has 0 aromatic heterocycles. The van der Waals surface area contributed by atoms with Gasteiger partial charge < -0.3 is 9.84 Å². The summed E-state index contributed by atoms with van der Waals surface area (Å²) in [6, 6.07) is 5.67. The van der Waals surface area contributed by atoms with Gasteiger partial charge in [0.15, 0.2) is 12.2 Å². The first kappa shape index (κ1) is 29.1. The number of rotatable bonds is 12. The van der Waals surface area contributed by atoms with Crippen LogP contribution >= 0.6 is 0 Å². The summed E-state index contributed by atoms with van der Waals surface area (Å²) in [7, 11) is 0. The average molecular weight is 481 g/mol. The van der Waals surface area contributed by atoms with Crippen LogP contribution in [0.3, 0.4) is 0 Å². The van der Waals surface area contributed by atoms with Crippen LogP contribution in [0.4, 0.5) is 0 Å². The van der Waals surface area contributed by atoms with E-state index in [0.717, 1.165) is 0 Å². The summed E-state index contributed by atoms with van der Waals surface area (Å²) in [6.07, 6.45) is -1.66. The van der Waals surface area contributed by atoms with Gasteiger partial charge in [-0.05, 0) is 63.6 Å². The zero-order chi connectivity index (χ0) is 26.1. The molecule has 0 saturated heterocycles. The van der Waals surface area contributed by atoms with Gasteiger partial charge in [0, 0.05) is 11.1 Å². The number of carboxylic acid groups (broad SMARTS) is 1. The average Bonchev–Trinajstić information content (AvgIpc) is 2.71. The third-order valence-electron chi connectivity index (χ3n) is 4.29. The lowest BCUT2D eigenvalue weighted by Gasteiger charge is -2.24. The Balaban J connectivity index is 2.81. The maximum atomic E-state index is 12.6. The monoisotopic (exact) mass is 480 g/mol. The van der Waals surface area contributed by atoms with Gasteiger partial charge in [0.2, 0.25) is 0 Å². The smallest absolute Gasteiger partial charge is 0.338 e. The summed E-state index contributed by atoms with van der Waals surface area (Å²) in [4.78, 5) is 59.0. The van der Waals surface area contributed by atoms with Gasteiger partial charge >= 0.3 is 11.9 Å². The molecule has 190 valence electrons. The van der Waals surface area contributed by atoms with Crippen molar-refractivity contribution in [3.05, 3.63) is 35.4 Å². The molecule has 0 aliphatic rings. The Morgan fingerprint density at radius 2 is 1.29 bits per heavy atom. The number of amides is 2. The van der Waals surface area contributed by atoms with Crippen LogP contribution in [0.2, 0.25) is 0 Å². The number of carboxylic acids is 1. The standard InChI is InChI=1S/C24H36N2O8/c1-14(2)11-18(22(29)30)33-25-20(27)16-9-8-10-17(13-16)21(28)26-34-19(12-15(3)4)23(31)32-24(5,6)7/h8-10,13-15,18-19H,11-12H2,1-7H3,(H,25,27)(H,26,28)(H,29,30)/t18-,19-/m1/s1. The highest BCUT2D eigenvalue weighted by molar-refractivity contribution is 5.99. The summed E-state index contributed by atoms with van der Waals surface area (Å²) in [5.74, 6) is -3.02. The predicted molar refractivity (Wildman–Crippen MR) is 124 cm³/mol. The fourth-order valence-corrected chi connectivity index (χ4v) is 2.78. The summed E-state index contributed by atoms with van der Waals surface area (Å²) >= 11 is 0. The molecule has 0 spiro atoms. The van der Waals surface area contributed by atoms with Crippen LogP contribution in [0.25, 0.3) is 0 Å². The number of ether oxygens (including phenoxy) is 1. The molecule has 0 aliphatic carbocycles. The zero-order valence-electron chi connectivity index (χ0n) is 20.8. The Bertz CT molecular complexity index is 861. The number of carbonyl (C=O) groups excluding carboxylic acids is 3. The van der Waals surface area contributed by atoms with E-state index >= 15 is 0 Å². The Kier molecular flexibility index (Phi) is 11.1. The molecule has 34 heavy (non-hydrogen) atoms. The molecule has 10 nitrogen and oxygen atoms in total. The first-order valence-corrected chi connectivity index (χ1v) is 11.2. The van der Waals surface area contributed by atoms with Crippen LogP contribution in [0.5, 0.6) is 0 Å². The van der Waals surface area contributed by atoms with Crippen LogP contribution in [-0.2, 0) is 24.0 Å². The second kappa shape index (κ2) is 13.0. The number of carbonyl (C=O) groups is 4. The van der Waals surface area contributed by atoms with E-state index in [4.69, 9.17) is 14.4 Å². The minimum Gasteiger partial charge on any atom is -0.479 e. The number of hydrogen-bond donors (Lipinski definition) is 3. The van der Waals surface area contributed by atoms with Gasteiger partial charge in [-0.15, -0.1) is 0 Å². The maximum Gasteiger partial charge on any atom is 0.338 e. The summed E-state index contributed by atoms with van der Waals surface area (Å²) in [5, 5.41) is 9.21. The molecule has 1 aromatic carbocycles. The molecule has 1 aromatic rings. The van der Waals surface area contributed by atoms with Crippen LogP contribution in [0.15, 0.2) is 24.3 Å². The molecule has 0 saturated carbocycles. The maximum absolute atomic E-state index is 12.6. The van der Waals surface area contributed by atoms with E-state index in [9.17, 15) is 24.3 Å². The van der Waals surface area contributed by atoms with Crippen molar-refractivity contribution in [3.63, 3.8) is 0 Å². The zero-order valence-corrected chi connectivity index (χ0v) is 20.8. The topological polar surface area (TPSA) is 140 Å². The normalized spacial score (nSPS) is 13.3. The highest BCUT2D eigenvalue weighted by Gasteiger charge is 2.28. The molecule has 1 rings (SSSR count). The summed E-state index contributed by atoms with van der Waals surface area (Å²) in [6.45, 7) is 12.7. The van der Waals surface area contributed by atoms with Crippen LogP contribution < -0.4 is 11.0 Å². The van der Waals surface area contributed by atoms with Crippen molar-refractivity contribution in [1.82, 2.24) is 11.0 Å². The van der Waals surface area contributed by atoms with E-state index in [-0.39, 0.29) is 29.4 Å². The van der Waals surface area contributed by atoms with Crippen molar-refractivity contribution in [3.8, 4) is 0 Å². The van der Waals surface area contributed by atoms with Crippen molar-refractivity contribution in [1.29, 1.82) is 0 Å². The van der Waals surface area contributed by atoms with E-state index in [2.05, 4.69) is 11.0 Å². The largest absolute Gasteiger partial charge is 0.479 e. The third kappa shape index (κ3) is 10.8. The highest BCUT2D eigenvalue weighted by Crippen LogP contribution is 2.15. The van der Waals surface area contributed by atoms with Gasteiger partial charge in [0.1, 0.15) is 5.60 Å². The Morgan fingerprint density at radius 1 is 0.853 bits per heavy atom. The number of aliphatic carboxylic acids is 1.